The monoisotopic (exact) mass is 206 g/mol. The highest BCUT2D eigenvalue weighted by atomic mass is 35.5. The maximum Gasteiger partial charge on any atom is 0.177 e. The molecule has 0 amide bonds. The highest BCUT2D eigenvalue weighted by molar-refractivity contribution is 6.42. The Bertz CT molecular complexity index is 383. The number of halogens is 1. The van der Waals surface area contributed by atoms with E-state index in [-0.39, 0.29) is 5.78 Å². The molecule has 2 rings (SSSR count). The largest absolute Gasteiger partial charge is 0.293 e. The van der Waals surface area contributed by atoms with E-state index in [1.54, 1.807) is 0 Å². The van der Waals surface area contributed by atoms with E-state index in [1.807, 2.05) is 24.3 Å². The lowest BCUT2D eigenvalue weighted by molar-refractivity contribution is -0.114. The molecule has 2 aliphatic rings. The Balaban J connectivity index is 2.36. The zero-order valence-electron chi connectivity index (χ0n) is 7.79. The summed E-state index contributed by atoms with van der Waals surface area (Å²) in [7, 11) is 0. The van der Waals surface area contributed by atoms with Gasteiger partial charge in [0.2, 0.25) is 0 Å². The molecule has 0 aromatic rings. The summed E-state index contributed by atoms with van der Waals surface area (Å²) in [4.78, 5) is 11.5. The molecule has 72 valence electrons. The van der Waals surface area contributed by atoms with Crippen LogP contribution in [-0.4, -0.2) is 5.78 Å². The van der Waals surface area contributed by atoms with Crippen molar-refractivity contribution in [2.24, 2.45) is 0 Å². The number of carbonyl (C=O) groups excluding carboxylic acids is 1. The lowest BCUT2D eigenvalue weighted by Gasteiger charge is -2.11. The maximum atomic E-state index is 11.5. The van der Waals surface area contributed by atoms with Gasteiger partial charge >= 0.3 is 0 Å². The summed E-state index contributed by atoms with van der Waals surface area (Å²) in [5, 5.41) is 0.378. The van der Waals surface area contributed by atoms with Crippen molar-refractivity contribution in [3.8, 4) is 0 Å². The van der Waals surface area contributed by atoms with Crippen LogP contribution in [0.4, 0.5) is 0 Å². The quantitative estimate of drug-likeness (QED) is 0.595. The van der Waals surface area contributed by atoms with Gasteiger partial charge in [0.05, 0.1) is 5.03 Å². The van der Waals surface area contributed by atoms with Gasteiger partial charge in [-0.15, -0.1) is 0 Å². The minimum atomic E-state index is 0.0345. The van der Waals surface area contributed by atoms with Crippen molar-refractivity contribution in [2.75, 3.05) is 0 Å². The number of Topliss-reactive ketones (excluding diaryl/α,β-unsaturated/α-hetero) is 1. The first kappa shape index (κ1) is 9.47. The highest BCUT2D eigenvalue weighted by Gasteiger charge is 2.14. The Morgan fingerprint density at radius 1 is 1.07 bits per heavy atom. The third-order valence-electron chi connectivity index (χ3n) is 2.43. The molecule has 2 bridgehead atoms. The summed E-state index contributed by atoms with van der Waals surface area (Å²) < 4.78 is 0. The zero-order valence-corrected chi connectivity index (χ0v) is 8.55. The third-order valence-corrected chi connectivity index (χ3v) is 2.79. The Kier molecular flexibility index (Phi) is 2.69. The maximum absolute atomic E-state index is 11.5. The van der Waals surface area contributed by atoms with Gasteiger partial charge in [-0.1, -0.05) is 53.1 Å². The Hall–Kier alpha value is -1.08. The molecule has 0 saturated carbocycles. The van der Waals surface area contributed by atoms with Crippen LogP contribution in [0.5, 0.6) is 0 Å². The van der Waals surface area contributed by atoms with Crippen molar-refractivity contribution in [2.45, 2.75) is 19.3 Å². The Morgan fingerprint density at radius 2 is 1.79 bits per heavy atom. The van der Waals surface area contributed by atoms with Crippen molar-refractivity contribution < 1.29 is 4.79 Å². The Labute approximate surface area is 88.4 Å². The second-order valence-electron chi connectivity index (χ2n) is 3.57. The van der Waals surface area contributed by atoms with Crippen LogP contribution in [0.15, 0.2) is 46.6 Å². The number of allylic oxidation sites excluding steroid dienone is 8. The van der Waals surface area contributed by atoms with Gasteiger partial charge in [0, 0.05) is 6.42 Å². The van der Waals surface area contributed by atoms with E-state index in [0.717, 1.165) is 18.4 Å². The molecule has 0 aromatic heterocycles. The molecule has 0 unspecified atom stereocenters. The molecule has 1 nitrogen and oxygen atoms in total. The summed E-state index contributed by atoms with van der Waals surface area (Å²) in [6.07, 6.45) is 12.1. The number of fused-ring (bicyclic) bond motifs is 2. The van der Waals surface area contributed by atoms with E-state index >= 15 is 0 Å². The van der Waals surface area contributed by atoms with E-state index < -0.39 is 0 Å². The fraction of sp³-hybridized carbons (Fsp3) is 0.250. The van der Waals surface area contributed by atoms with Crippen molar-refractivity contribution in [3.05, 3.63) is 46.6 Å². The first-order chi connectivity index (χ1) is 6.75. The molecular weight excluding hydrogens is 196 g/mol. The summed E-state index contributed by atoms with van der Waals surface area (Å²) >= 11 is 5.85. The van der Waals surface area contributed by atoms with Crippen LogP contribution in [0.2, 0.25) is 0 Å². The molecule has 0 aromatic carbocycles. The number of carbonyl (C=O) groups is 1. The fourth-order valence-corrected chi connectivity index (χ4v) is 1.82. The van der Waals surface area contributed by atoms with Gasteiger partial charge in [-0.25, -0.2) is 0 Å². The third kappa shape index (κ3) is 2.05. The molecule has 0 fully saturated rings. The second-order valence-corrected chi connectivity index (χ2v) is 3.97. The molecule has 2 aliphatic carbocycles. The zero-order chi connectivity index (χ0) is 9.97. The van der Waals surface area contributed by atoms with Crippen LogP contribution >= 0.6 is 11.6 Å². The number of hydrogen-bond donors (Lipinski definition) is 0. The molecule has 0 N–H and O–H groups in total. The van der Waals surface area contributed by atoms with Crippen LogP contribution in [0.1, 0.15) is 19.3 Å². The second kappa shape index (κ2) is 3.97. The van der Waals surface area contributed by atoms with Crippen LogP contribution < -0.4 is 0 Å². The van der Waals surface area contributed by atoms with E-state index in [4.69, 9.17) is 11.6 Å². The molecule has 0 heterocycles. The molecule has 2 heteroatoms. The van der Waals surface area contributed by atoms with Gasteiger partial charge in [0.1, 0.15) is 0 Å². The predicted octanol–water partition coefficient (Wildman–Crippen LogP) is 3.28. The van der Waals surface area contributed by atoms with E-state index in [0.29, 0.717) is 11.5 Å². The normalized spacial score (nSPS) is 25.2. The average Bonchev–Trinajstić information content (AvgIpc) is 2.38. The van der Waals surface area contributed by atoms with Gasteiger partial charge in [-0.3, -0.25) is 4.79 Å². The summed E-state index contributed by atoms with van der Waals surface area (Å²) in [5.74, 6) is 0.0345. The van der Waals surface area contributed by atoms with Crippen molar-refractivity contribution in [1.82, 2.24) is 0 Å². The predicted molar refractivity (Wildman–Crippen MR) is 58.1 cm³/mol. The molecule has 0 radical (unpaired) electrons. The topological polar surface area (TPSA) is 17.1 Å². The molecule has 0 saturated heterocycles. The fourth-order valence-electron chi connectivity index (χ4n) is 1.68. The van der Waals surface area contributed by atoms with E-state index in [9.17, 15) is 4.79 Å². The van der Waals surface area contributed by atoms with Crippen molar-refractivity contribution in [1.29, 1.82) is 0 Å². The first-order valence-corrected chi connectivity index (χ1v) is 5.06. The SMILES string of the molecule is O=C1CC2=CC=CC=C(C/C=C\1Cl)C2. The molecule has 0 atom stereocenters. The van der Waals surface area contributed by atoms with Crippen LogP contribution in [0.25, 0.3) is 0 Å². The smallest absolute Gasteiger partial charge is 0.177 e. The number of ketones is 1. The van der Waals surface area contributed by atoms with Crippen LogP contribution in [0.3, 0.4) is 0 Å². The minimum Gasteiger partial charge on any atom is -0.293 e. The highest BCUT2D eigenvalue weighted by Crippen LogP contribution is 2.26. The molecular formula is C12H11ClO. The molecule has 14 heavy (non-hydrogen) atoms. The standard InChI is InChI=1S/C12H11ClO/c13-11-6-5-9-3-1-2-4-10(7-9)8-12(11)14/h1-4,6H,5,7-8H2/b11-6+. The average molecular weight is 207 g/mol. The summed E-state index contributed by atoms with van der Waals surface area (Å²) in [6.45, 7) is 0. The van der Waals surface area contributed by atoms with Gasteiger partial charge < -0.3 is 0 Å². The van der Waals surface area contributed by atoms with E-state index in [1.165, 1.54) is 5.57 Å². The lowest BCUT2D eigenvalue weighted by Crippen LogP contribution is -2.03. The van der Waals surface area contributed by atoms with Crippen LogP contribution in [-0.2, 0) is 4.79 Å². The van der Waals surface area contributed by atoms with Gasteiger partial charge in [-0.2, -0.15) is 0 Å². The number of rotatable bonds is 0. The minimum absolute atomic E-state index is 0.0345. The van der Waals surface area contributed by atoms with Gasteiger partial charge in [-0.05, 0) is 12.8 Å². The lowest BCUT2D eigenvalue weighted by atomic mass is 9.96. The van der Waals surface area contributed by atoms with E-state index in [2.05, 4.69) is 6.08 Å². The van der Waals surface area contributed by atoms with Crippen molar-refractivity contribution >= 4 is 17.4 Å². The number of hydrogen-bond acceptors (Lipinski definition) is 1. The van der Waals surface area contributed by atoms with Crippen LogP contribution in [0, 0.1) is 0 Å². The van der Waals surface area contributed by atoms with Gasteiger partial charge in [0.25, 0.3) is 0 Å². The Morgan fingerprint density at radius 3 is 2.57 bits per heavy atom. The first-order valence-electron chi connectivity index (χ1n) is 4.69. The molecule has 0 aliphatic heterocycles. The van der Waals surface area contributed by atoms with Gasteiger partial charge in [0.15, 0.2) is 5.78 Å². The van der Waals surface area contributed by atoms with Crippen molar-refractivity contribution in [3.63, 3.8) is 0 Å². The summed E-state index contributed by atoms with van der Waals surface area (Å²) in [6, 6.07) is 0. The molecule has 0 spiro atoms. The summed E-state index contributed by atoms with van der Waals surface area (Å²) in [5.41, 5.74) is 2.47.